The largest absolute Gasteiger partial charge is 0.506 e. The summed E-state index contributed by atoms with van der Waals surface area (Å²) in [5.74, 6) is 1.04. The average Bonchev–Trinajstić information content (AvgIpc) is 2.45. The van der Waals surface area contributed by atoms with Crippen molar-refractivity contribution < 1.29 is 24.2 Å². The summed E-state index contributed by atoms with van der Waals surface area (Å²) in [6.07, 6.45) is -0.287. The summed E-state index contributed by atoms with van der Waals surface area (Å²) in [5, 5.41) is 8.03. The molecule has 0 aromatic carbocycles. The van der Waals surface area contributed by atoms with E-state index in [2.05, 4.69) is 39.4 Å². The van der Waals surface area contributed by atoms with Crippen LogP contribution in [0.3, 0.4) is 0 Å². The highest BCUT2D eigenvalue weighted by Gasteiger charge is 2.15. The van der Waals surface area contributed by atoms with E-state index in [1.807, 2.05) is 55.4 Å². The standard InChI is InChI=1S/C7H16.C6H12O.C5H10O3.C5H10O.C2H6.CH4/c1-6(2)7(3,4)5;1-5(7)6(2,3)4;1-5(2,3)8-4(6)7;1-5(2,3)4-6;1-2;/h6H,1-5H3;1-4H3;1-3H3,(H,6,7);4H,1-3H3;1-2H3;1H4. The molecule has 0 heterocycles. The van der Waals surface area contributed by atoms with Crippen LogP contribution >= 0.6 is 0 Å². The fraction of sp³-hybridized carbons (Fsp3) is 0.885. The van der Waals surface area contributed by atoms with Crippen molar-refractivity contribution >= 4 is 18.2 Å². The second-order valence-electron chi connectivity index (χ2n) is 11.3. The number of carbonyl (C=O) groups is 3. The van der Waals surface area contributed by atoms with E-state index in [1.165, 1.54) is 0 Å². The first-order valence-electron chi connectivity index (χ1n) is 10.8. The Hall–Kier alpha value is -1.39. The fourth-order valence-corrected chi connectivity index (χ4v) is 0.262. The number of hydrogen-bond donors (Lipinski definition) is 1. The second-order valence-corrected chi connectivity index (χ2v) is 11.3. The van der Waals surface area contributed by atoms with Gasteiger partial charge in [-0.15, -0.1) is 0 Å². The van der Waals surface area contributed by atoms with Gasteiger partial charge in [0.25, 0.3) is 0 Å². The monoisotopic (exact) mass is 450 g/mol. The molecule has 0 radical (unpaired) electrons. The van der Waals surface area contributed by atoms with E-state index in [9.17, 15) is 14.4 Å². The molecule has 5 heteroatoms. The molecule has 0 spiro atoms. The van der Waals surface area contributed by atoms with Crippen LogP contribution in [-0.2, 0) is 14.3 Å². The molecule has 0 amide bonds. The lowest BCUT2D eigenvalue weighted by Gasteiger charge is -2.22. The van der Waals surface area contributed by atoms with Gasteiger partial charge in [-0.3, -0.25) is 4.79 Å². The minimum absolute atomic E-state index is 0. The maximum atomic E-state index is 10.5. The second kappa shape index (κ2) is 19.3. The van der Waals surface area contributed by atoms with Crippen molar-refractivity contribution in [2.45, 2.75) is 131 Å². The minimum atomic E-state index is -1.22. The lowest BCUT2D eigenvalue weighted by Crippen LogP contribution is -2.22. The molecule has 0 aliphatic heterocycles. The van der Waals surface area contributed by atoms with Crippen molar-refractivity contribution in [3.8, 4) is 0 Å². The molecular weight excluding hydrogens is 392 g/mol. The molecule has 192 valence electrons. The highest BCUT2D eigenvalue weighted by Crippen LogP contribution is 2.23. The zero-order valence-corrected chi connectivity index (χ0v) is 23.2. The molecule has 0 aromatic rings. The predicted octanol–water partition coefficient (Wildman–Crippen LogP) is 8.68. The summed E-state index contributed by atoms with van der Waals surface area (Å²) in [6, 6.07) is 0. The Kier molecular flexibility index (Phi) is 27.1. The van der Waals surface area contributed by atoms with Crippen LogP contribution in [0.15, 0.2) is 0 Å². The number of hydrogen-bond acceptors (Lipinski definition) is 4. The van der Waals surface area contributed by atoms with Crippen molar-refractivity contribution in [2.24, 2.45) is 22.2 Å². The third kappa shape index (κ3) is 58.5. The highest BCUT2D eigenvalue weighted by atomic mass is 16.7. The molecule has 1 N–H and O–H groups in total. The summed E-state index contributed by atoms with van der Waals surface area (Å²) >= 11 is 0. The van der Waals surface area contributed by atoms with Gasteiger partial charge in [0, 0.05) is 10.8 Å². The van der Waals surface area contributed by atoms with Crippen LogP contribution in [0, 0.1) is 22.2 Å². The molecule has 31 heavy (non-hydrogen) atoms. The predicted molar refractivity (Wildman–Crippen MR) is 137 cm³/mol. The first-order chi connectivity index (χ1) is 12.9. The van der Waals surface area contributed by atoms with Gasteiger partial charge in [0.2, 0.25) is 0 Å². The number of rotatable bonds is 0. The molecule has 0 unspecified atom stereocenters. The van der Waals surface area contributed by atoms with Crippen LogP contribution in [0.4, 0.5) is 4.79 Å². The van der Waals surface area contributed by atoms with E-state index < -0.39 is 11.8 Å². The van der Waals surface area contributed by atoms with Crippen molar-refractivity contribution in [3.63, 3.8) is 0 Å². The Morgan fingerprint density at radius 2 is 1.00 bits per heavy atom. The molecule has 0 bridgehead atoms. The van der Waals surface area contributed by atoms with Crippen LogP contribution in [0.1, 0.15) is 125 Å². The fourth-order valence-electron chi connectivity index (χ4n) is 0.262. The van der Waals surface area contributed by atoms with E-state index in [4.69, 9.17) is 5.11 Å². The maximum Gasteiger partial charge on any atom is 0.506 e. The van der Waals surface area contributed by atoms with Gasteiger partial charge in [0.05, 0.1) is 0 Å². The number of ketones is 1. The number of carbonyl (C=O) groups excluding carboxylic acids is 2. The number of Topliss-reactive ketones (excluding diaryl/α,β-unsaturated/α-hetero) is 1. The Morgan fingerprint density at radius 1 is 0.806 bits per heavy atom. The summed E-state index contributed by atoms with van der Waals surface area (Å²) in [7, 11) is 0. The third-order valence-electron chi connectivity index (χ3n) is 3.54. The Labute approximate surface area is 195 Å². The van der Waals surface area contributed by atoms with E-state index in [0.29, 0.717) is 5.41 Å². The van der Waals surface area contributed by atoms with Crippen LogP contribution in [-0.4, -0.2) is 28.9 Å². The topological polar surface area (TPSA) is 80.7 Å². The molecule has 5 nitrogen and oxygen atoms in total. The van der Waals surface area contributed by atoms with Gasteiger partial charge in [0.15, 0.2) is 0 Å². The summed E-state index contributed by atoms with van der Waals surface area (Å²) in [5.41, 5.74) is -0.355. The van der Waals surface area contributed by atoms with E-state index in [-0.39, 0.29) is 24.0 Å². The molecular formula is C26H58O5. The van der Waals surface area contributed by atoms with E-state index in [0.717, 1.165) is 12.2 Å². The van der Waals surface area contributed by atoms with Gasteiger partial charge < -0.3 is 14.6 Å². The molecule has 0 aromatic heterocycles. The number of carboxylic acid groups (broad SMARTS) is 1. The Bertz CT molecular complexity index is 436. The lowest BCUT2D eigenvalue weighted by atomic mass is 9.84. The van der Waals surface area contributed by atoms with Crippen molar-refractivity contribution in [1.82, 2.24) is 0 Å². The van der Waals surface area contributed by atoms with Gasteiger partial charge >= 0.3 is 6.16 Å². The van der Waals surface area contributed by atoms with Crippen molar-refractivity contribution in [1.29, 1.82) is 0 Å². The number of ether oxygens (including phenoxy) is 1. The zero-order chi connectivity index (χ0) is 26.1. The van der Waals surface area contributed by atoms with Gasteiger partial charge in [-0.05, 0) is 39.0 Å². The van der Waals surface area contributed by atoms with E-state index >= 15 is 0 Å². The molecule has 0 saturated carbocycles. The maximum absolute atomic E-state index is 10.5. The summed E-state index contributed by atoms with van der Waals surface area (Å²) in [4.78, 5) is 30.1. The highest BCUT2D eigenvalue weighted by molar-refractivity contribution is 5.80. The van der Waals surface area contributed by atoms with Crippen LogP contribution < -0.4 is 0 Å². The smallest absolute Gasteiger partial charge is 0.450 e. The van der Waals surface area contributed by atoms with Crippen LogP contribution in [0.2, 0.25) is 0 Å². The Balaban J connectivity index is -0.0000000649. The average molecular weight is 451 g/mol. The molecule has 0 rings (SSSR count). The van der Waals surface area contributed by atoms with Gasteiger partial charge in [-0.2, -0.15) is 0 Å². The van der Waals surface area contributed by atoms with Gasteiger partial charge in [0.1, 0.15) is 17.7 Å². The summed E-state index contributed by atoms with van der Waals surface area (Å²) < 4.78 is 4.35. The first kappa shape index (κ1) is 43.5. The Morgan fingerprint density at radius 3 is 1.00 bits per heavy atom. The third-order valence-corrected chi connectivity index (χ3v) is 3.54. The molecule has 0 saturated heterocycles. The zero-order valence-electron chi connectivity index (χ0n) is 23.2. The summed E-state index contributed by atoms with van der Waals surface area (Å²) in [6.45, 7) is 33.3. The normalized spacial score (nSPS) is 10.6. The van der Waals surface area contributed by atoms with Crippen molar-refractivity contribution in [3.05, 3.63) is 0 Å². The van der Waals surface area contributed by atoms with E-state index in [1.54, 1.807) is 27.7 Å². The van der Waals surface area contributed by atoms with Crippen molar-refractivity contribution in [2.75, 3.05) is 0 Å². The van der Waals surface area contributed by atoms with Gasteiger partial charge in [-0.25, -0.2) is 4.79 Å². The minimum Gasteiger partial charge on any atom is -0.450 e. The van der Waals surface area contributed by atoms with Crippen LogP contribution in [0.25, 0.3) is 0 Å². The molecule has 0 aliphatic rings. The molecule has 0 aliphatic carbocycles. The molecule has 0 atom stereocenters. The first-order valence-corrected chi connectivity index (χ1v) is 10.8. The number of aldehydes is 1. The molecule has 0 fully saturated rings. The SMILES string of the molecule is C.CC.CC(=O)C(C)(C)C.CC(C)(C)C=O.CC(C)(C)OC(=O)O.CC(C)C(C)(C)C. The lowest BCUT2D eigenvalue weighted by molar-refractivity contribution is -0.124. The quantitative estimate of drug-likeness (QED) is 0.295. The van der Waals surface area contributed by atoms with Crippen LogP contribution in [0.5, 0.6) is 0 Å². The van der Waals surface area contributed by atoms with Gasteiger partial charge in [-0.1, -0.05) is 97.4 Å².